The van der Waals surface area contributed by atoms with E-state index in [-0.39, 0.29) is 4.90 Å². The Labute approximate surface area is 129 Å². The highest BCUT2D eigenvalue weighted by Crippen LogP contribution is 2.22. The monoisotopic (exact) mass is 322 g/mol. The normalized spacial score (nSPS) is 14.5. The first-order valence-corrected chi connectivity index (χ1v) is 8.52. The Balaban J connectivity index is 1.91. The van der Waals surface area contributed by atoms with Gasteiger partial charge in [0.05, 0.1) is 10.6 Å². The van der Waals surface area contributed by atoms with Gasteiger partial charge in [0.25, 0.3) is 10.0 Å². The number of halogens is 1. The molecule has 0 spiro atoms. The zero-order chi connectivity index (χ0) is 14.9. The zero-order valence-corrected chi connectivity index (χ0v) is 12.8. The number of sulfonamides is 1. The van der Waals surface area contributed by atoms with Crippen molar-refractivity contribution in [3.63, 3.8) is 0 Å². The van der Waals surface area contributed by atoms with Crippen molar-refractivity contribution in [3.8, 4) is 0 Å². The molecule has 110 valence electrons. The fourth-order valence-corrected chi connectivity index (χ4v) is 3.68. The number of nitrogens with one attached hydrogen (secondary N) is 2. The molecule has 3 rings (SSSR count). The lowest BCUT2D eigenvalue weighted by atomic mass is 10.0. The number of anilines is 1. The molecule has 0 amide bonds. The molecule has 0 saturated carbocycles. The third-order valence-electron chi connectivity index (χ3n) is 3.45. The number of hydrogen-bond donors (Lipinski definition) is 2. The first-order valence-electron chi connectivity index (χ1n) is 6.65. The molecular weight excluding hydrogens is 308 g/mol. The molecule has 2 aromatic rings. The minimum Gasteiger partial charge on any atom is -0.312 e. The molecule has 21 heavy (non-hydrogen) atoms. The van der Waals surface area contributed by atoms with Crippen LogP contribution in [0.25, 0.3) is 0 Å². The maximum absolute atomic E-state index is 12.4. The highest BCUT2D eigenvalue weighted by atomic mass is 35.5. The van der Waals surface area contributed by atoms with Gasteiger partial charge in [-0.05, 0) is 54.4 Å². The lowest BCUT2D eigenvalue weighted by molar-refractivity contribution is 0.599. The van der Waals surface area contributed by atoms with E-state index in [2.05, 4.69) is 10.0 Å². The molecular formula is C15H15ClN2O2S. The molecule has 0 radical (unpaired) electrons. The van der Waals surface area contributed by atoms with E-state index in [1.165, 1.54) is 5.56 Å². The van der Waals surface area contributed by atoms with Gasteiger partial charge in [-0.3, -0.25) is 4.72 Å². The Morgan fingerprint density at radius 3 is 2.76 bits per heavy atom. The summed E-state index contributed by atoms with van der Waals surface area (Å²) >= 11 is 5.87. The van der Waals surface area contributed by atoms with Gasteiger partial charge in [0.15, 0.2) is 0 Å². The topological polar surface area (TPSA) is 58.2 Å². The summed E-state index contributed by atoms with van der Waals surface area (Å²) in [7, 11) is -3.60. The van der Waals surface area contributed by atoms with Gasteiger partial charge < -0.3 is 5.32 Å². The van der Waals surface area contributed by atoms with Gasteiger partial charge >= 0.3 is 0 Å². The van der Waals surface area contributed by atoms with E-state index in [4.69, 9.17) is 11.6 Å². The standard InChI is InChI=1S/C15H15ClN2O2S/c16-13-2-1-3-14(9-13)18-21(19,20)15-5-4-11-6-7-17-10-12(11)8-15/h1-5,8-9,17-18H,6-7,10H2. The van der Waals surface area contributed by atoms with Gasteiger partial charge in [0.2, 0.25) is 0 Å². The molecule has 0 aromatic heterocycles. The van der Waals surface area contributed by atoms with E-state index in [0.717, 1.165) is 18.5 Å². The highest BCUT2D eigenvalue weighted by molar-refractivity contribution is 7.92. The second-order valence-electron chi connectivity index (χ2n) is 4.97. The summed E-state index contributed by atoms with van der Waals surface area (Å²) in [5, 5.41) is 3.73. The fraction of sp³-hybridized carbons (Fsp3) is 0.200. The van der Waals surface area contributed by atoms with Crippen LogP contribution in [0, 0.1) is 0 Å². The lowest BCUT2D eigenvalue weighted by Crippen LogP contribution is -2.24. The van der Waals surface area contributed by atoms with Gasteiger partial charge in [-0.2, -0.15) is 0 Å². The average Bonchev–Trinajstić information content (AvgIpc) is 2.46. The van der Waals surface area contributed by atoms with E-state index in [1.54, 1.807) is 36.4 Å². The summed E-state index contributed by atoms with van der Waals surface area (Å²) in [4.78, 5) is 0.268. The molecule has 6 heteroatoms. The van der Waals surface area contributed by atoms with E-state index in [0.29, 0.717) is 17.3 Å². The maximum Gasteiger partial charge on any atom is 0.261 e. The minimum absolute atomic E-state index is 0.268. The minimum atomic E-state index is -3.60. The first-order chi connectivity index (χ1) is 10.0. The summed E-state index contributed by atoms with van der Waals surface area (Å²) in [6.45, 7) is 1.63. The average molecular weight is 323 g/mol. The Bertz CT molecular complexity index is 775. The van der Waals surface area contributed by atoms with Gasteiger partial charge in [-0.15, -0.1) is 0 Å². The van der Waals surface area contributed by atoms with Crippen LogP contribution in [0.4, 0.5) is 5.69 Å². The Hall–Kier alpha value is -1.56. The third-order valence-corrected chi connectivity index (χ3v) is 5.07. The van der Waals surface area contributed by atoms with Crippen molar-refractivity contribution < 1.29 is 8.42 Å². The molecule has 0 fully saturated rings. The van der Waals surface area contributed by atoms with Crippen molar-refractivity contribution in [2.24, 2.45) is 0 Å². The number of rotatable bonds is 3. The van der Waals surface area contributed by atoms with Crippen LogP contribution in [0.15, 0.2) is 47.4 Å². The zero-order valence-electron chi connectivity index (χ0n) is 11.3. The van der Waals surface area contributed by atoms with Crippen LogP contribution in [-0.2, 0) is 23.0 Å². The van der Waals surface area contributed by atoms with Crippen molar-refractivity contribution >= 4 is 27.3 Å². The Morgan fingerprint density at radius 1 is 1.10 bits per heavy atom. The van der Waals surface area contributed by atoms with Gasteiger partial charge in [0.1, 0.15) is 0 Å². The molecule has 0 bridgehead atoms. The third kappa shape index (κ3) is 3.20. The predicted octanol–water partition coefficient (Wildman–Crippen LogP) is 2.79. The molecule has 0 atom stereocenters. The second-order valence-corrected chi connectivity index (χ2v) is 7.09. The molecule has 4 nitrogen and oxygen atoms in total. The van der Waals surface area contributed by atoms with Crippen molar-refractivity contribution in [2.75, 3.05) is 11.3 Å². The van der Waals surface area contributed by atoms with Gasteiger partial charge in [-0.25, -0.2) is 8.42 Å². The van der Waals surface area contributed by atoms with Crippen molar-refractivity contribution in [3.05, 3.63) is 58.6 Å². The number of benzene rings is 2. The van der Waals surface area contributed by atoms with Crippen LogP contribution in [0.1, 0.15) is 11.1 Å². The quantitative estimate of drug-likeness (QED) is 0.913. The first kappa shape index (κ1) is 14.4. The van der Waals surface area contributed by atoms with Crippen LogP contribution < -0.4 is 10.0 Å². The Morgan fingerprint density at radius 2 is 1.95 bits per heavy atom. The van der Waals surface area contributed by atoms with E-state index >= 15 is 0 Å². The van der Waals surface area contributed by atoms with Crippen LogP contribution in [-0.4, -0.2) is 15.0 Å². The Kier molecular flexibility index (Phi) is 3.89. The van der Waals surface area contributed by atoms with E-state index < -0.39 is 10.0 Å². The molecule has 2 N–H and O–H groups in total. The summed E-state index contributed by atoms with van der Waals surface area (Å²) in [6, 6.07) is 11.9. The summed E-state index contributed by atoms with van der Waals surface area (Å²) in [6.07, 6.45) is 0.928. The smallest absolute Gasteiger partial charge is 0.261 e. The molecule has 0 saturated heterocycles. The molecule has 0 aliphatic carbocycles. The van der Waals surface area contributed by atoms with Crippen molar-refractivity contribution in [1.82, 2.24) is 5.32 Å². The molecule has 2 aromatic carbocycles. The van der Waals surface area contributed by atoms with E-state index in [1.807, 2.05) is 6.07 Å². The molecule has 1 heterocycles. The summed E-state index contributed by atoms with van der Waals surface area (Å²) < 4.78 is 27.4. The highest BCUT2D eigenvalue weighted by Gasteiger charge is 2.17. The molecule has 1 aliphatic rings. The van der Waals surface area contributed by atoms with Gasteiger partial charge in [-0.1, -0.05) is 23.7 Å². The largest absolute Gasteiger partial charge is 0.312 e. The number of fused-ring (bicyclic) bond motifs is 1. The van der Waals surface area contributed by atoms with Crippen molar-refractivity contribution in [1.29, 1.82) is 0 Å². The van der Waals surface area contributed by atoms with Crippen LogP contribution in [0.2, 0.25) is 5.02 Å². The maximum atomic E-state index is 12.4. The van der Waals surface area contributed by atoms with Crippen LogP contribution in [0.5, 0.6) is 0 Å². The van der Waals surface area contributed by atoms with Crippen LogP contribution in [0.3, 0.4) is 0 Å². The SMILES string of the molecule is O=S(=O)(Nc1cccc(Cl)c1)c1ccc2c(c1)CNCC2. The lowest BCUT2D eigenvalue weighted by Gasteiger charge is -2.18. The fourth-order valence-electron chi connectivity index (χ4n) is 2.39. The summed E-state index contributed by atoms with van der Waals surface area (Å²) in [5.74, 6) is 0. The van der Waals surface area contributed by atoms with Gasteiger partial charge in [0, 0.05) is 11.6 Å². The van der Waals surface area contributed by atoms with Crippen LogP contribution >= 0.6 is 11.6 Å². The molecule has 1 aliphatic heterocycles. The predicted molar refractivity (Wildman–Crippen MR) is 84.1 cm³/mol. The molecule has 0 unspecified atom stereocenters. The second kappa shape index (κ2) is 5.67. The van der Waals surface area contributed by atoms with E-state index in [9.17, 15) is 8.42 Å². The summed E-state index contributed by atoms with van der Waals surface area (Å²) in [5.41, 5.74) is 2.70. The number of hydrogen-bond acceptors (Lipinski definition) is 3. The van der Waals surface area contributed by atoms with Crippen molar-refractivity contribution in [2.45, 2.75) is 17.9 Å².